The fourth-order valence-corrected chi connectivity index (χ4v) is 2.73. The summed E-state index contributed by atoms with van der Waals surface area (Å²) in [6, 6.07) is 7.81. The van der Waals surface area contributed by atoms with Gasteiger partial charge in [-0.3, -0.25) is 4.79 Å². The molecular formula is C17H26ClN3O. The van der Waals surface area contributed by atoms with Crippen molar-refractivity contribution in [2.75, 3.05) is 33.7 Å². The summed E-state index contributed by atoms with van der Waals surface area (Å²) in [7, 11) is 4.06. The van der Waals surface area contributed by atoms with Crippen LogP contribution in [0.3, 0.4) is 0 Å². The zero-order valence-electron chi connectivity index (χ0n) is 13.8. The lowest BCUT2D eigenvalue weighted by molar-refractivity contribution is -0.125. The zero-order valence-corrected chi connectivity index (χ0v) is 14.6. The molecule has 2 atom stereocenters. The summed E-state index contributed by atoms with van der Waals surface area (Å²) in [6.07, 6.45) is 0. The summed E-state index contributed by atoms with van der Waals surface area (Å²) in [5.41, 5.74) is 1.11. The second-order valence-electron chi connectivity index (χ2n) is 6.85. The first-order valence-electron chi connectivity index (χ1n) is 7.72. The van der Waals surface area contributed by atoms with Gasteiger partial charge in [-0.15, -0.1) is 0 Å². The molecule has 0 aromatic heterocycles. The minimum Gasteiger partial charge on any atom is -0.354 e. The molecule has 4 nitrogen and oxygen atoms in total. The predicted octanol–water partition coefficient (Wildman–Crippen LogP) is 2.10. The van der Waals surface area contributed by atoms with Gasteiger partial charge in [0, 0.05) is 36.1 Å². The average molecular weight is 324 g/mol. The Bertz CT molecular complexity index is 513. The Kier molecular flexibility index (Phi) is 5.48. The Morgan fingerprint density at radius 1 is 1.32 bits per heavy atom. The van der Waals surface area contributed by atoms with Gasteiger partial charge >= 0.3 is 0 Å². The molecule has 5 heteroatoms. The lowest BCUT2D eigenvalue weighted by atomic mass is 9.88. The standard InChI is InChI=1S/C17H26ClN3O/c1-17(2,21(3)4)11-20-16(22)15-10-19-9-14(15)12-5-7-13(18)8-6-12/h5-8,14-15,19H,9-11H2,1-4H3,(H,20,22)/t14-,15+/m0/s1. The molecule has 1 aromatic rings. The first-order valence-corrected chi connectivity index (χ1v) is 8.10. The lowest BCUT2D eigenvalue weighted by Crippen LogP contribution is -2.49. The zero-order chi connectivity index (χ0) is 16.3. The van der Waals surface area contributed by atoms with Crippen LogP contribution >= 0.6 is 11.6 Å². The van der Waals surface area contributed by atoms with Crippen molar-refractivity contribution in [2.24, 2.45) is 5.92 Å². The number of benzene rings is 1. The maximum atomic E-state index is 12.6. The van der Waals surface area contributed by atoms with Gasteiger partial charge in [0.15, 0.2) is 0 Å². The van der Waals surface area contributed by atoms with E-state index in [1.165, 1.54) is 5.56 Å². The SMILES string of the molecule is CN(C)C(C)(C)CNC(=O)[C@@H]1CNC[C@H]1c1ccc(Cl)cc1. The first-order chi connectivity index (χ1) is 10.3. The van der Waals surface area contributed by atoms with Crippen molar-refractivity contribution in [3.63, 3.8) is 0 Å². The lowest BCUT2D eigenvalue weighted by Gasteiger charge is -2.33. The number of halogens is 1. The molecule has 1 saturated heterocycles. The van der Waals surface area contributed by atoms with E-state index in [0.29, 0.717) is 6.54 Å². The average Bonchev–Trinajstić information content (AvgIpc) is 2.95. The predicted molar refractivity (Wildman–Crippen MR) is 91.3 cm³/mol. The summed E-state index contributed by atoms with van der Waals surface area (Å²) < 4.78 is 0. The molecule has 1 amide bonds. The van der Waals surface area contributed by atoms with E-state index in [2.05, 4.69) is 29.4 Å². The van der Waals surface area contributed by atoms with Crippen LogP contribution < -0.4 is 10.6 Å². The number of rotatable bonds is 5. The minimum atomic E-state index is -0.0581. The van der Waals surface area contributed by atoms with Crippen LogP contribution in [0, 0.1) is 5.92 Å². The van der Waals surface area contributed by atoms with Crippen molar-refractivity contribution < 1.29 is 4.79 Å². The number of nitrogens with one attached hydrogen (secondary N) is 2. The van der Waals surface area contributed by atoms with Crippen molar-refractivity contribution >= 4 is 17.5 Å². The summed E-state index contributed by atoms with van der Waals surface area (Å²) in [4.78, 5) is 14.7. The topological polar surface area (TPSA) is 44.4 Å². The van der Waals surface area contributed by atoms with E-state index < -0.39 is 0 Å². The minimum absolute atomic E-state index is 0.0286. The number of likely N-dealkylation sites (N-methyl/N-ethyl adjacent to an activating group) is 1. The van der Waals surface area contributed by atoms with Crippen LogP contribution in [0.2, 0.25) is 5.02 Å². The highest BCUT2D eigenvalue weighted by Crippen LogP contribution is 2.29. The highest BCUT2D eigenvalue weighted by Gasteiger charge is 2.34. The van der Waals surface area contributed by atoms with Crippen LogP contribution in [-0.2, 0) is 4.79 Å². The molecule has 1 heterocycles. The molecule has 2 rings (SSSR count). The number of hydrogen-bond acceptors (Lipinski definition) is 3. The molecule has 122 valence electrons. The van der Waals surface area contributed by atoms with Gasteiger partial charge in [-0.05, 0) is 45.6 Å². The van der Waals surface area contributed by atoms with E-state index in [1.807, 2.05) is 38.4 Å². The van der Waals surface area contributed by atoms with Crippen LogP contribution in [0.15, 0.2) is 24.3 Å². The van der Waals surface area contributed by atoms with Gasteiger partial charge in [0.2, 0.25) is 5.91 Å². The monoisotopic (exact) mass is 323 g/mol. The molecule has 1 fully saturated rings. The van der Waals surface area contributed by atoms with E-state index in [0.717, 1.165) is 18.1 Å². The Hall–Kier alpha value is -1.10. The van der Waals surface area contributed by atoms with Crippen LogP contribution in [-0.4, -0.2) is 50.1 Å². The third kappa shape index (κ3) is 4.00. The quantitative estimate of drug-likeness (QED) is 0.872. The van der Waals surface area contributed by atoms with Crippen molar-refractivity contribution in [2.45, 2.75) is 25.3 Å². The summed E-state index contributed by atoms with van der Waals surface area (Å²) in [5, 5.41) is 7.17. The van der Waals surface area contributed by atoms with Crippen molar-refractivity contribution in [3.8, 4) is 0 Å². The molecule has 1 aliphatic rings. The van der Waals surface area contributed by atoms with Crippen LogP contribution in [0.4, 0.5) is 0 Å². The second-order valence-corrected chi connectivity index (χ2v) is 7.28. The fraction of sp³-hybridized carbons (Fsp3) is 0.588. The number of carbonyl (C=O) groups excluding carboxylic acids is 1. The van der Waals surface area contributed by atoms with E-state index >= 15 is 0 Å². The van der Waals surface area contributed by atoms with Gasteiger partial charge in [0.25, 0.3) is 0 Å². The number of amides is 1. The molecule has 0 spiro atoms. The van der Waals surface area contributed by atoms with E-state index in [4.69, 9.17) is 11.6 Å². The summed E-state index contributed by atoms with van der Waals surface area (Å²) >= 11 is 5.95. The van der Waals surface area contributed by atoms with E-state index in [-0.39, 0.29) is 23.3 Å². The Morgan fingerprint density at radius 3 is 2.55 bits per heavy atom. The van der Waals surface area contributed by atoms with Crippen molar-refractivity contribution in [3.05, 3.63) is 34.9 Å². The highest BCUT2D eigenvalue weighted by atomic mass is 35.5. The molecule has 0 unspecified atom stereocenters. The van der Waals surface area contributed by atoms with Crippen LogP contribution in [0.1, 0.15) is 25.3 Å². The normalized spacial score (nSPS) is 22.1. The molecule has 0 aliphatic carbocycles. The van der Waals surface area contributed by atoms with Crippen LogP contribution in [0.5, 0.6) is 0 Å². The van der Waals surface area contributed by atoms with E-state index in [1.54, 1.807) is 0 Å². The van der Waals surface area contributed by atoms with Gasteiger partial charge in [0.05, 0.1) is 5.92 Å². The van der Waals surface area contributed by atoms with E-state index in [9.17, 15) is 4.79 Å². The Balaban J connectivity index is 2.01. The smallest absolute Gasteiger partial charge is 0.225 e. The third-order valence-electron chi connectivity index (χ3n) is 4.76. The molecular weight excluding hydrogens is 298 g/mol. The molecule has 0 radical (unpaired) electrons. The molecule has 1 aromatic carbocycles. The first kappa shape index (κ1) is 17.3. The Morgan fingerprint density at radius 2 is 1.95 bits per heavy atom. The van der Waals surface area contributed by atoms with Gasteiger partial charge < -0.3 is 15.5 Å². The van der Waals surface area contributed by atoms with Crippen molar-refractivity contribution in [1.29, 1.82) is 0 Å². The van der Waals surface area contributed by atoms with Gasteiger partial charge in [-0.2, -0.15) is 0 Å². The van der Waals surface area contributed by atoms with Gasteiger partial charge in [-0.25, -0.2) is 0 Å². The number of hydrogen-bond donors (Lipinski definition) is 2. The molecule has 22 heavy (non-hydrogen) atoms. The fourth-order valence-electron chi connectivity index (χ4n) is 2.61. The number of carbonyl (C=O) groups is 1. The highest BCUT2D eigenvalue weighted by molar-refractivity contribution is 6.30. The number of nitrogens with zero attached hydrogens (tertiary/aromatic N) is 1. The Labute approximate surface area is 138 Å². The second kappa shape index (κ2) is 6.99. The molecule has 2 N–H and O–H groups in total. The summed E-state index contributed by atoms with van der Waals surface area (Å²) in [6.45, 7) is 6.44. The molecule has 0 saturated carbocycles. The molecule has 0 bridgehead atoms. The van der Waals surface area contributed by atoms with Crippen LogP contribution in [0.25, 0.3) is 0 Å². The maximum absolute atomic E-state index is 12.6. The van der Waals surface area contributed by atoms with Crippen molar-refractivity contribution in [1.82, 2.24) is 15.5 Å². The van der Waals surface area contributed by atoms with Gasteiger partial charge in [-0.1, -0.05) is 23.7 Å². The van der Waals surface area contributed by atoms with Gasteiger partial charge in [0.1, 0.15) is 0 Å². The largest absolute Gasteiger partial charge is 0.354 e. The maximum Gasteiger partial charge on any atom is 0.225 e. The molecule has 1 aliphatic heterocycles. The summed E-state index contributed by atoms with van der Waals surface area (Å²) in [5.74, 6) is 0.304. The third-order valence-corrected chi connectivity index (χ3v) is 5.01.